The molecule has 31 heavy (non-hydrogen) atoms. The molecule has 2 heterocycles. The number of nitrogens with zero attached hydrogens (tertiary/aromatic N) is 3. The smallest absolute Gasteiger partial charge is 0.350 e. The van der Waals surface area contributed by atoms with Crippen molar-refractivity contribution in [3.8, 4) is 5.69 Å². The normalized spacial score (nSPS) is 12.1. The van der Waals surface area contributed by atoms with Crippen molar-refractivity contribution in [2.24, 2.45) is 0 Å². The number of carbonyl (C=O) groups is 1. The molecule has 1 amide bonds. The lowest BCUT2D eigenvalue weighted by molar-refractivity contribution is -0.141. The number of nitrogens with one attached hydrogen (secondary N) is 1. The minimum atomic E-state index is -4.72. The van der Waals surface area contributed by atoms with Crippen molar-refractivity contribution in [1.82, 2.24) is 20.1 Å². The predicted octanol–water partition coefficient (Wildman–Crippen LogP) is 4.93. The van der Waals surface area contributed by atoms with Crippen LogP contribution in [0.2, 0.25) is 5.02 Å². The highest BCUT2D eigenvalue weighted by Crippen LogP contribution is 2.31. The second kappa shape index (κ2) is 8.58. The van der Waals surface area contributed by atoms with Gasteiger partial charge >= 0.3 is 12.4 Å². The minimum absolute atomic E-state index is 0.0359. The molecule has 1 N–H and O–H groups in total. The third-order valence-corrected chi connectivity index (χ3v) is 4.54. The first-order valence-corrected chi connectivity index (χ1v) is 9.06. The Morgan fingerprint density at radius 2 is 1.81 bits per heavy atom. The predicted molar refractivity (Wildman–Crippen MR) is 98.9 cm³/mol. The lowest BCUT2D eigenvalue weighted by Gasteiger charge is -2.12. The first-order chi connectivity index (χ1) is 14.5. The molecule has 0 aliphatic rings. The fraction of sp³-hybridized carbons (Fsp3) is 0.211. The first-order valence-electron chi connectivity index (χ1n) is 8.69. The van der Waals surface area contributed by atoms with Crippen molar-refractivity contribution in [2.45, 2.75) is 18.8 Å². The molecule has 0 fully saturated rings. The monoisotopic (exact) mass is 462 g/mol. The molecule has 2 aromatic heterocycles. The van der Waals surface area contributed by atoms with E-state index in [9.17, 15) is 31.1 Å². The Bertz CT molecular complexity index is 1090. The van der Waals surface area contributed by atoms with Crippen LogP contribution in [0.15, 0.2) is 48.8 Å². The maximum absolute atomic E-state index is 13.0. The zero-order valence-corrected chi connectivity index (χ0v) is 16.2. The Balaban J connectivity index is 1.66. The maximum atomic E-state index is 13.0. The van der Waals surface area contributed by atoms with Gasteiger partial charge in [0.1, 0.15) is 5.69 Å². The Morgan fingerprint density at radius 1 is 1.06 bits per heavy atom. The number of aromatic nitrogens is 3. The summed E-state index contributed by atoms with van der Waals surface area (Å²) in [5.74, 6) is -0.989. The number of hydrogen-bond donors (Lipinski definition) is 1. The van der Waals surface area contributed by atoms with Gasteiger partial charge in [-0.3, -0.25) is 9.78 Å². The fourth-order valence-electron chi connectivity index (χ4n) is 2.71. The molecule has 0 bridgehead atoms. The molecule has 0 unspecified atom stereocenters. The Kier molecular flexibility index (Phi) is 6.25. The quantitative estimate of drug-likeness (QED) is 0.547. The van der Waals surface area contributed by atoms with Crippen LogP contribution >= 0.6 is 11.6 Å². The molecule has 164 valence electrons. The van der Waals surface area contributed by atoms with Crippen LogP contribution in [0.4, 0.5) is 26.3 Å². The second-order valence-electron chi connectivity index (χ2n) is 6.32. The van der Waals surface area contributed by atoms with Gasteiger partial charge in [-0.1, -0.05) is 17.7 Å². The van der Waals surface area contributed by atoms with E-state index < -0.39 is 35.2 Å². The number of pyridine rings is 1. The third-order valence-electron chi connectivity index (χ3n) is 4.19. The maximum Gasteiger partial charge on any atom is 0.435 e. The van der Waals surface area contributed by atoms with Crippen LogP contribution in [0.1, 0.15) is 27.3 Å². The SMILES string of the molecule is O=C(NCCc1ccc(-n2ccc(C(F)(F)F)n2)cc1Cl)c1ncccc1C(F)(F)F. The summed E-state index contributed by atoms with van der Waals surface area (Å²) < 4.78 is 78.0. The largest absolute Gasteiger partial charge is 0.435 e. The van der Waals surface area contributed by atoms with Gasteiger partial charge in [0.25, 0.3) is 5.91 Å². The molecule has 0 aliphatic carbocycles. The zero-order chi connectivity index (χ0) is 22.8. The molecule has 0 atom stereocenters. The van der Waals surface area contributed by atoms with E-state index >= 15 is 0 Å². The summed E-state index contributed by atoms with van der Waals surface area (Å²) >= 11 is 6.16. The van der Waals surface area contributed by atoms with Gasteiger partial charge in [0, 0.05) is 24.0 Å². The van der Waals surface area contributed by atoms with Crippen molar-refractivity contribution in [2.75, 3.05) is 6.54 Å². The number of hydrogen-bond acceptors (Lipinski definition) is 3. The van der Waals surface area contributed by atoms with E-state index in [4.69, 9.17) is 11.6 Å². The van der Waals surface area contributed by atoms with Crippen molar-refractivity contribution in [3.63, 3.8) is 0 Å². The van der Waals surface area contributed by atoms with E-state index in [1.165, 1.54) is 18.2 Å². The van der Waals surface area contributed by atoms with Gasteiger partial charge in [0.05, 0.1) is 11.3 Å². The molecular formula is C19H13ClF6N4O. The minimum Gasteiger partial charge on any atom is -0.350 e. The number of carbonyl (C=O) groups excluding carboxylic acids is 1. The number of benzene rings is 1. The molecule has 0 aliphatic heterocycles. The summed E-state index contributed by atoms with van der Waals surface area (Å²) in [5.41, 5.74) is -2.12. The summed E-state index contributed by atoms with van der Waals surface area (Å²) in [4.78, 5) is 15.6. The highest BCUT2D eigenvalue weighted by Gasteiger charge is 2.36. The van der Waals surface area contributed by atoms with Crippen molar-refractivity contribution in [3.05, 3.63) is 76.3 Å². The molecule has 0 spiro atoms. The summed E-state index contributed by atoms with van der Waals surface area (Å²) in [6, 6.07) is 7.07. The first kappa shape index (κ1) is 22.6. The average molecular weight is 463 g/mol. The molecule has 0 radical (unpaired) electrons. The summed E-state index contributed by atoms with van der Waals surface area (Å²) in [6.07, 6.45) is -6.91. The number of rotatable bonds is 5. The Hall–Kier alpha value is -3.08. The fourth-order valence-corrected chi connectivity index (χ4v) is 2.98. The number of alkyl halides is 6. The lowest BCUT2D eigenvalue weighted by Crippen LogP contribution is -2.29. The van der Waals surface area contributed by atoms with Crippen LogP contribution in [0.3, 0.4) is 0 Å². The molecule has 12 heteroatoms. The van der Waals surface area contributed by atoms with Gasteiger partial charge in [-0.15, -0.1) is 0 Å². The molecule has 3 rings (SSSR count). The van der Waals surface area contributed by atoms with Crippen LogP contribution in [-0.4, -0.2) is 27.2 Å². The average Bonchev–Trinajstić information content (AvgIpc) is 3.19. The Morgan fingerprint density at radius 3 is 2.42 bits per heavy atom. The van der Waals surface area contributed by atoms with Gasteiger partial charge in [-0.25, -0.2) is 4.68 Å². The third kappa shape index (κ3) is 5.35. The van der Waals surface area contributed by atoms with Gasteiger partial charge in [0.15, 0.2) is 5.69 Å². The zero-order valence-electron chi connectivity index (χ0n) is 15.4. The van der Waals surface area contributed by atoms with Crippen LogP contribution in [0.25, 0.3) is 5.69 Å². The highest BCUT2D eigenvalue weighted by molar-refractivity contribution is 6.31. The van der Waals surface area contributed by atoms with Gasteiger partial charge in [0.2, 0.25) is 0 Å². The van der Waals surface area contributed by atoms with Gasteiger partial charge < -0.3 is 5.32 Å². The van der Waals surface area contributed by atoms with Gasteiger partial charge in [-0.05, 0) is 42.3 Å². The molecule has 5 nitrogen and oxygen atoms in total. The van der Waals surface area contributed by atoms with Crippen LogP contribution in [0, 0.1) is 0 Å². The van der Waals surface area contributed by atoms with E-state index in [-0.39, 0.29) is 23.7 Å². The second-order valence-corrected chi connectivity index (χ2v) is 6.73. The van der Waals surface area contributed by atoms with Gasteiger partial charge in [-0.2, -0.15) is 31.4 Å². The molecule has 0 saturated carbocycles. The van der Waals surface area contributed by atoms with E-state index in [2.05, 4.69) is 15.4 Å². The highest BCUT2D eigenvalue weighted by atomic mass is 35.5. The number of amides is 1. The van der Waals surface area contributed by atoms with Crippen molar-refractivity contribution in [1.29, 1.82) is 0 Å². The van der Waals surface area contributed by atoms with E-state index in [1.807, 2.05) is 0 Å². The van der Waals surface area contributed by atoms with Crippen molar-refractivity contribution < 1.29 is 31.1 Å². The Labute approximate surface area is 176 Å². The van der Waals surface area contributed by atoms with Crippen LogP contribution in [-0.2, 0) is 18.8 Å². The van der Waals surface area contributed by atoms with E-state index in [0.717, 1.165) is 35.3 Å². The lowest BCUT2D eigenvalue weighted by atomic mass is 10.1. The van der Waals surface area contributed by atoms with Crippen LogP contribution in [0.5, 0.6) is 0 Å². The topological polar surface area (TPSA) is 59.8 Å². The summed E-state index contributed by atoms with van der Waals surface area (Å²) in [5, 5.41) is 6.00. The number of halogens is 7. The molecule has 1 aromatic carbocycles. The summed E-state index contributed by atoms with van der Waals surface area (Å²) in [7, 11) is 0. The van der Waals surface area contributed by atoms with Crippen molar-refractivity contribution >= 4 is 17.5 Å². The summed E-state index contributed by atoms with van der Waals surface area (Å²) in [6.45, 7) is -0.0359. The molecule has 3 aromatic rings. The molecular weight excluding hydrogens is 450 g/mol. The molecule has 0 saturated heterocycles. The van der Waals surface area contributed by atoms with Crippen LogP contribution < -0.4 is 5.32 Å². The van der Waals surface area contributed by atoms with E-state index in [1.54, 1.807) is 0 Å². The van der Waals surface area contributed by atoms with E-state index in [0.29, 0.717) is 5.56 Å². The standard InChI is InChI=1S/C19H13ClF6N4O/c20-14-10-12(30-9-6-15(29-30)19(24,25)26)4-3-11(14)5-8-28-17(31)16-13(18(21,22)23)2-1-7-27-16/h1-4,6-7,9-10H,5,8H2,(H,28,31).